The van der Waals surface area contributed by atoms with Crippen molar-refractivity contribution in [3.63, 3.8) is 0 Å². The van der Waals surface area contributed by atoms with Crippen LogP contribution in [0.3, 0.4) is 0 Å². The van der Waals surface area contributed by atoms with E-state index < -0.39 is 0 Å². The van der Waals surface area contributed by atoms with Crippen molar-refractivity contribution in [3.8, 4) is 5.69 Å². The molecule has 3 aromatic rings. The summed E-state index contributed by atoms with van der Waals surface area (Å²) in [6.07, 6.45) is 4.14. The summed E-state index contributed by atoms with van der Waals surface area (Å²) < 4.78 is 7.61. The second kappa shape index (κ2) is 6.73. The molecule has 1 saturated carbocycles. The molecule has 1 fully saturated rings. The highest BCUT2D eigenvalue weighted by Crippen LogP contribution is 2.40. The average Bonchev–Trinajstić information content (AvgIpc) is 3.25. The number of rotatable bonds is 2. The maximum atomic E-state index is 6.21. The monoisotopic (exact) mass is 384 g/mol. The maximum Gasteiger partial charge on any atom is 0.229 e. The fourth-order valence-corrected chi connectivity index (χ4v) is 4.47. The van der Waals surface area contributed by atoms with Gasteiger partial charge in [0.2, 0.25) is 5.89 Å². The second-order valence-corrected chi connectivity index (χ2v) is 7.85. The minimum atomic E-state index is 0.349. The minimum absolute atomic E-state index is 0.349. The van der Waals surface area contributed by atoms with Crippen LogP contribution in [-0.4, -0.2) is 24.9 Å². The van der Waals surface area contributed by atoms with Gasteiger partial charge in [0.05, 0.1) is 12.2 Å². The summed E-state index contributed by atoms with van der Waals surface area (Å²) in [7, 11) is 0. The third-order valence-electron chi connectivity index (χ3n) is 5.62. The summed E-state index contributed by atoms with van der Waals surface area (Å²) in [6.45, 7) is 3.35. The van der Waals surface area contributed by atoms with E-state index in [4.69, 9.17) is 16.1 Å². The van der Waals surface area contributed by atoms with Gasteiger partial charge in [0.15, 0.2) is 11.6 Å². The van der Waals surface area contributed by atoms with Crippen molar-refractivity contribution in [2.24, 2.45) is 0 Å². The Kier molecular flexibility index (Phi) is 4.21. The van der Waals surface area contributed by atoms with Crippen molar-refractivity contribution in [1.29, 1.82) is 0 Å². The van der Waals surface area contributed by atoms with Crippen LogP contribution >= 0.6 is 11.6 Å². The van der Waals surface area contributed by atoms with Gasteiger partial charge in [-0.2, -0.15) is 4.98 Å². The fraction of sp³-hybridized carbons (Fsp3) is 0.474. The van der Waals surface area contributed by atoms with Gasteiger partial charge in [-0.3, -0.25) is 4.57 Å². The van der Waals surface area contributed by atoms with Gasteiger partial charge < -0.3 is 9.84 Å². The molecule has 0 bridgehead atoms. The van der Waals surface area contributed by atoms with Gasteiger partial charge in [0.1, 0.15) is 5.82 Å². The van der Waals surface area contributed by atoms with Gasteiger partial charge >= 0.3 is 0 Å². The van der Waals surface area contributed by atoms with Crippen molar-refractivity contribution >= 4 is 11.6 Å². The maximum absolute atomic E-state index is 6.21. The molecule has 27 heavy (non-hydrogen) atoms. The van der Waals surface area contributed by atoms with E-state index in [2.05, 4.69) is 36.3 Å². The Morgan fingerprint density at radius 3 is 2.70 bits per heavy atom. The second-order valence-electron chi connectivity index (χ2n) is 7.41. The molecule has 1 aromatic carbocycles. The number of hydrogen-bond donors (Lipinski definition) is 1. The summed E-state index contributed by atoms with van der Waals surface area (Å²) in [5.74, 6) is 4.22. The average molecular weight is 385 g/mol. The van der Waals surface area contributed by atoms with E-state index in [1.807, 2.05) is 19.1 Å². The molecule has 0 radical (unpaired) electrons. The molecule has 0 spiro atoms. The zero-order chi connectivity index (χ0) is 18.4. The Bertz CT molecular complexity index is 972. The van der Waals surface area contributed by atoms with Gasteiger partial charge in [0, 0.05) is 23.4 Å². The van der Waals surface area contributed by atoms with Crippen LogP contribution in [0.5, 0.6) is 0 Å². The van der Waals surface area contributed by atoms with E-state index in [0.717, 1.165) is 60.5 Å². The first-order valence-corrected chi connectivity index (χ1v) is 9.81. The molecule has 0 atom stereocenters. The van der Waals surface area contributed by atoms with Crippen molar-refractivity contribution in [2.45, 2.75) is 57.5 Å². The number of halogens is 1. The smallest absolute Gasteiger partial charge is 0.229 e. The van der Waals surface area contributed by atoms with Crippen molar-refractivity contribution in [2.75, 3.05) is 0 Å². The number of hydrogen-bond acceptors (Lipinski definition) is 6. The van der Waals surface area contributed by atoms with Gasteiger partial charge in [-0.15, -0.1) is 10.2 Å². The molecule has 1 aliphatic heterocycles. The number of aryl methyl sites for hydroxylation is 1. The lowest BCUT2D eigenvalue weighted by molar-refractivity contribution is 0.295. The zero-order valence-corrected chi connectivity index (χ0v) is 15.9. The van der Waals surface area contributed by atoms with E-state index in [9.17, 15) is 0 Å². The lowest BCUT2D eigenvalue weighted by atomic mass is 9.81. The molecule has 5 rings (SSSR count). The molecule has 0 unspecified atom stereocenters. The highest BCUT2D eigenvalue weighted by Gasteiger charge is 2.31. The molecule has 7 nitrogen and oxygen atoms in total. The Morgan fingerprint density at radius 2 is 1.93 bits per heavy atom. The van der Waals surface area contributed by atoms with Crippen LogP contribution in [0.2, 0.25) is 5.02 Å². The summed E-state index contributed by atoms with van der Waals surface area (Å²) >= 11 is 6.21. The summed E-state index contributed by atoms with van der Waals surface area (Å²) in [5, 5.41) is 17.2. The third-order valence-corrected chi connectivity index (χ3v) is 5.86. The molecule has 0 amide bonds. The molecular weight excluding hydrogens is 364 g/mol. The van der Waals surface area contributed by atoms with Crippen LogP contribution in [0.15, 0.2) is 22.7 Å². The zero-order valence-electron chi connectivity index (χ0n) is 15.2. The van der Waals surface area contributed by atoms with Crippen LogP contribution in [0.1, 0.15) is 66.4 Å². The van der Waals surface area contributed by atoms with Gasteiger partial charge in [0.25, 0.3) is 0 Å². The van der Waals surface area contributed by atoms with E-state index in [1.54, 1.807) is 0 Å². The first kappa shape index (κ1) is 16.9. The van der Waals surface area contributed by atoms with Crippen LogP contribution in [-0.2, 0) is 13.1 Å². The van der Waals surface area contributed by atoms with E-state index in [1.165, 1.54) is 5.56 Å². The lowest BCUT2D eigenvalue weighted by Crippen LogP contribution is -2.17. The van der Waals surface area contributed by atoms with Crippen molar-refractivity contribution < 1.29 is 4.52 Å². The van der Waals surface area contributed by atoms with Gasteiger partial charge in [-0.25, -0.2) is 0 Å². The molecule has 2 aliphatic rings. The quantitative estimate of drug-likeness (QED) is 0.726. The summed E-state index contributed by atoms with van der Waals surface area (Å²) in [5.41, 5.74) is 2.31. The number of benzene rings is 1. The largest absolute Gasteiger partial charge is 0.339 e. The van der Waals surface area contributed by atoms with Crippen LogP contribution in [0, 0.1) is 6.92 Å². The Hall–Kier alpha value is -2.25. The Labute approximate surface area is 162 Å². The highest BCUT2D eigenvalue weighted by atomic mass is 35.5. The summed E-state index contributed by atoms with van der Waals surface area (Å²) in [6, 6.07) is 6.04. The molecule has 140 valence electrons. The SMILES string of the molecule is Cc1noc(C2CCC(c3nnc4n3-c3ccc(Cl)cc3CNC4)CC2)n1. The fourth-order valence-electron chi connectivity index (χ4n) is 4.27. The highest BCUT2D eigenvalue weighted by molar-refractivity contribution is 6.30. The lowest BCUT2D eigenvalue weighted by Gasteiger charge is -2.26. The minimum Gasteiger partial charge on any atom is -0.339 e. The molecule has 1 aliphatic carbocycles. The van der Waals surface area contributed by atoms with Crippen molar-refractivity contribution in [1.82, 2.24) is 30.2 Å². The van der Waals surface area contributed by atoms with Gasteiger partial charge in [-0.05, 0) is 56.4 Å². The summed E-state index contributed by atoms with van der Waals surface area (Å²) in [4.78, 5) is 4.41. The van der Waals surface area contributed by atoms with Crippen LogP contribution < -0.4 is 5.32 Å². The topological polar surface area (TPSA) is 81.7 Å². The van der Waals surface area contributed by atoms with Gasteiger partial charge in [-0.1, -0.05) is 16.8 Å². The van der Waals surface area contributed by atoms with E-state index in [-0.39, 0.29) is 0 Å². The number of nitrogens with zero attached hydrogens (tertiary/aromatic N) is 5. The number of aromatic nitrogens is 5. The standard InChI is InChI=1S/C19H21ClN6O/c1-11-22-19(27-25-11)13-4-2-12(3-5-13)18-24-23-17-10-21-9-14-8-15(20)6-7-16(14)26(17)18/h6-8,12-13,21H,2-5,9-10H2,1H3. The predicted molar refractivity (Wildman–Crippen MR) is 99.9 cm³/mol. The molecular formula is C19H21ClN6O. The van der Waals surface area contributed by atoms with E-state index in [0.29, 0.717) is 24.2 Å². The predicted octanol–water partition coefficient (Wildman–Crippen LogP) is 3.66. The van der Waals surface area contributed by atoms with Crippen molar-refractivity contribution in [3.05, 3.63) is 52.1 Å². The first-order valence-electron chi connectivity index (χ1n) is 9.43. The Balaban J connectivity index is 1.43. The normalized spacial score (nSPS) is 22.1. The Morgan fingerprint density at radius 1 is 1.11 bits per heavy atom. The number of nitrogens with one attached hydrogen (secondary N) is 1. The first-order chi connectivity index (χ1) is 13.2. The molecule has 0 saturated heterocycles. The number of fused-ring (bicyclic) bond motifs is 3. The van der Waals surface area contributed by atoms with Crippen LogP contribution in [0.4, 0.5) is 0 Å². The molecule has 3 heterocycles. The third kappa shape index (κ3) is 3.04. The molecule has 8 heteroatoms. The van der Waals surface area contributed by atoms with Crippen LogP contribution in [0.25, 0.3) is 5.69 Å². The molecule has 2 aromatic heterocycles. The van der Waals surface area contributed by atoms with E-state index >= 15 is 0 Å². The molecule has 1 N–H and O–H groups in total.